The topological polar surface area (TPSA) is 117 Å². The van der Waals surface area contributed by atoms with Crippen molar-refractivity contribution in [2.75, 3.05) is 34.3 Å². The highest BCUT2D eigenvalue weighted by atomic mass is 32.2. The van der Waals surface area contributed by atoms with Gasteiger partial charge >= 0.3 is 0 Å². The van der Waals surface area contributed by atoms with Gasteiger partial charge in [-0.15, -0.1) is 0 Å². The third kappa shape index (κ3) is 11.0. The second kappa shape index (κ2) is 15.0. The van der Waals surface area contributed by atoms with Crippen molar-refractivity contribution in [1.29, 1.82) is 0 Å². The van der Waals surface area contributed by atoms with Gasteiger partial charge in [-0.3, -0.25) is 14.4 Å². The van der Waals surface area contributed by atoms with Gasteiger partial charge in [0.15, 0.2) is 0 Å². The lowest BCUT2D eigenvalue weighted by atomic mass is 10.1. The van der Waals surface area contributed by atoms with E-state index in [0.717, 1.165) is 5.56 Å². The summed E-state index contributed by atoms with van der Waals surface area (Å²) in [5.41, 5.74) is 2.54. The molecule has 216 valence electrons. The summed E-state index contributed by atoms with van der Waals surface area (Å²) in [6, 6.07) is 14.1. The Hall–Kier alpha value is -2.99. The number of carbonyl (C=O) groups excluding carboxylic acids is 2. The second-order valence-corrected chi connectivity index (χ2v) is 12.4. The molecule has 11 heteroatoms. The van der Waals surface area contributed by atoms with Crippen LogP contribution in [0, 0.1) is 0 Å². The zero-order valence-electron chi connectivity index (χ0n) is 23.8. The van der Waals surface area contributed by atoms with Gasteiger partial charge in [0.05, 0.1) is 24.2 Å². The summed E-state index contributed by atoms with van der Waals surface area (Å²) in [5, 5.41) is 2.85. The molecule has 0 aliphatic rings. The lowest BCUT2D eigenvalue weighted by Gasteiger charge is -2.31. The van der Waals surface area contributed by atoms with Crippen molar-refractivity contribution in [2.45, 2.75) is 63.1 Å². The summed E-state index contributed by atoms with van der Waals surface area (Å²) in [5.74, 6) is -0.136. The monoisotopic (exact) mass is 562 g/mol. The number of amides is 2. The molecule has 1 atom stereocenters. The summed E-state index contributed by atoms with van der Waals surface area (Å²) >= 11 is 0. The molecular formula is C28H42N4O6S. The van der Waals surface area contributed by atoms with Crippen molar-refractivity contribution >= 4 is 21.8 Å². The third-order valence-corrected chi connectivity index (χ3v) is 7.51. The van der Waals surface area contributed by atoms with Crippen molar-refractivity contribution in [2.24, 2.45) is 0 Å². The maximum Gasteiger partial charge on any atom is 0.262 e. The molecule has 0 heterocycles. The molecule has 0 aromatic heterocycles. The van der Waals surface area contributed by atoms with Gasteiger partial charge in [0, 0.05) is 13.1 Å². The molecule has 0 aliphatic heterocycles. The summed E-state index contributed by atoms with van der Waals surface area (Å²) in [4.78, 5) is 32.7. The molecule has 0 saturated heterocycles. The van der Waals surface area contributed by atoms with E-state index in [2.05, 4.69) is 10.8 Å². The van der Waals surface area contributed by atoms with Crippen LogP contribution in [0.3, 0.4) is 0 Å². The first-order valence-corrected chi connectivity index (χ1v) is 14.4. The third-order valence-electron chi connectivity index (χ3n) is 5.64. The first-order chi connectivity index (χ1) is 18.3. The normalized spacial score (nSPS) is 12.8. The van der Waals surface area contributed by atoms with Crippen molar-refractivity contribution in [3.05, 3.63) is 60.2 Å². The van der Waals surface area contributed by atoms with Crippen LogP contribution in [0.2, 0.25) is 0 Å². The molecule has 0 aliphatic carbocycles. The van der Waals surface area contributed by atoms with Gasteiger partial charge in [0.1, 0.15) is 11.8 Å². The molecule has 2 aromatic carbocycles. The lowest BCUT2D eigenvalue weighted by molar-refractivity contribution is -0.149. The van der Waals surface area contributed by atoms with Gasteiger partial charge in [-0.2, -0.15) is 4.31 Å². The molecule has 10 nitrogen and oxygen atoms in total. The maximum absolute atomic E-state index is 14.0. The van der Waals surface area contributed by atoms with E-state index in [9.17, 15) is 18.0 Å². The van der Waals surface area contributed by atoms with E-state index in [0.29, 0.717) is 25.1 Å². The van der Waals surface area contributed by atoms with Crippen LogP contribution >= 0.6 is 0 Å². The molecule has 2 amide bonds. The van der Waals surface area contributed by atoms with Crippen LogP contribution in [0.4, 0.5) is 0 Å². The van der Waals surface area contributed by atoms with Gasteiger partial charge in [0.25, 0.3) is 5.91 Å². The van der Waals surface area contributed by atoms with Crippen molar-refractivity contribution in [3.8, 4) is 5.75 Å². The molecule has 2 N–H and O–H groups in total. The van der Waals surface area contributed by atoms with E-state index in [-0.39, 0.29) is 30.3 Å². The summed E-state index contributed by atoms with van der Waals surface area (Å²) < 4.78 is 34.3. The minimum Gasteiger partial charge on any atom is -0.497 e. The number of nitrogens with one attached hydrogen (secondary N) is 2. The average Bonchev–Trinajstić information content (AvgIpc) is 2.88. The Morgan fingerprint density at radius 1 is 0.974 bits per heavy atom. The summed E-state index contributed by atoms with van der Waals surface area (Å²) in [7, 11) is 1.02. The smallest absolute Gasteiger partial charge is 0.262 e. The summed E-state index contributed by atoms with van der Waals surface area (Å²) in [6.07, 6.45) is 1.30. The first kappa shape index (κ1) is 32.2. The van der Waals surface area contributed by atoms with E-state index in [1.807, 2.05) is 44.4 Å². The first-order valence-electron chi connectivity index (χ1n) is 12.9. The molecule has 0 bridgehead atoms. The van der Waals surface area contributed by atoms with Crippen LogP contribution in [0.5, 0.6) is 5.75 Å². The average molecular weight is 563 g/mol. The quantitative estimate of drug-likeness (QED) is 0.253. The summed E-state index contributed by atoms with van der Waals surface area (Å²) in [6.45, 7) is 6.05. The van der Waals surface area contributed by atoms with Crippen molar-refractivity contribution < 1.29 is 27.6 Å². The Labute approximate surface area is 232 Å². The van der Waals surface area contributed by atoms with E-state index >= 15 is 0 Å². The minimum absolute atomic E-state index is 0.0115. The number of hydrogen-bond donors (Lipinski definition) is 2. The number of ether oxygens (including phenoxy) is 1. The van der Waals surface area contributed by atoms with E-state index in [1.165, 1.54) is 23.5 Å². The number of nitrogens with zero attached hydrogens (tertiary/aromatic N) is 2. The number of likely N-dealkylation sites (N-methyl/N-ethyl adjacent to an activating group) is 1. The standard InChI is InChI=1S/C28H42N4O6S/c1-28(2,3)38-30-27(34)25(14-10-11-19-29-26(33)21-31(4)5)32(20-22-12-8-7-9-13-22)39(35,36)24-17-15-23(37-6)16-18-24/h7-9,12-13,15-18,25H,10-11,14,19-21H2,1-6H3,(H,29,33)(H,30,34). The Morgan fingerprint density at radius 3 is 2.18 bits per heavy atom. The molecule has 2 rings (SSSR count). The molecule has 0 saturated carbocycles. The SMILES string of the molecule is COc1ccc(S(=O)(=O)N(Cc2ccccc2)C(CCCCNC(=O)CN(C)C)C(=O)NOC(C)(C)C)cc1. The fraction of sp³-hybridized carbons (Fsp3) is 0.500. The Balaban J connectivity index is 2.35. The number of methoxy groups -OCH3 is 1. The van der Waals surface area contributed by atoms with Gasteiger partial charge in [-0.05, 0) is 84.0 Å². The Kier molecular flexibility index (Phi) is 12.4. The molecular weight excluding hydrogens is 520 g/mol. The van der Waals surface area contributed by atoms with Crippen LogP contribution in [-0.2, 0) is 31.0 Å². The van der Waals surface area contributed by atoms with Crippen LogP contribution in [0.1, 0.15) is 45.6 Å². The lowest BCUT2D eigenvalue weighted by Crippen LogP contribution is -2.50. The van der Waals surface area contributed by atoms with Crippen LogP contribution < -0.4 is 15.5 Å². The number of rotatable bonds is 15. The van der Waals surface area contributed by atoms with Crippen LogP contribution in [-0.4, -0.2) is 75.4 Å². The number of sulfonamides is 1. The minimum atomic E-state index is -4.11. The number of hydroxylamine groups is 1. The van der Waals surface area contributed by atoms with Gasteiger partial charge in [-0.25, -0.2) is 13.9 Å². The highest BCUT2D eigenvalue weighted by molar-refractivity contribution is 7.89. The zero-order valence-corrected chi connectivity index (χ0v) is 24.6. The molecule has 0 spiro atoms. The molecule has 39 heavy (non-hydrogen) atoms. The van der Waals surface area contributed by atoms with Crippen molar-refractivity contribution in [3.63, 3.8) is 0 Å². The van der Waals surface area contributed by atoms with E-state index in [1.54, 1.807) is 37.8 Å². The molecule has 1 unspecified atom stereocenters. The maximum atomic E-state index is 14.0. The molecule has 0 radical (unpaired) electrons. The van der Waals surface area contributed by atoms with E-state index in [4.69, 9.17) is 9.57 Å². The molecule has 0 fully saturated rings. The second-order valence-electron chi connectivity index (χ2n) is 10.5. The van der Waals surface area contributed by atoms with Crippen LogP contribution in [0.15, 0.2) is 59.5 Å². The zero-order chi connectivity index (χ0) is 29.1. The predicted octanol–water partition coefficient (Wildman–Crippen LogP) is 2.95. The molecule has 2 aromatic rings. The number of hydrogen-bond acceptors (Lipinski definition) is 7. The Morgan fingerprint density at radius 2 is 1.62 bits per heavy atom. The predicted molar refractivity (Wildman–Crippen MR) is 150 cm³/mol. The van der Waals surface area contributed by atoms with E-state index < -0.39 is 27.6 Å². The fourth-order valence-corrected chi connectivity index (χ4v) is 5.33. The Bertz CT molecular complexity index is 1150. The van der Waals surface area contributed by atoms with Gasteiger partial charge in [-0.1, -0.05) is 30.3 Å². The highest BCUT2D eigenvalue weighted by Crippen LogP contribution is 2.26. The van der Waals surface area contributed by atoms with Crippen LogP contribution in [0.25, 0.3) is 0 Å². The van der Waals surface area contributed by atoms with Crippen molar-refractivity contribution in [1.82, 2.24) is 20.0 Å². The van der Waals surface area contributed by atoms with Gasteiger partial charge in [0.2, 0.25) is 15.9 Å². The number of unbranched alkanes of at least 4 members (excludes halogenated alkanes) is 1. The fourth-order valence-electron chi connectivity index (χ4n) is 3.72. The number of benzene rings is 2. The number of carbonyl (C=O) groups is 2. The highest BCUT2D eigenvalue weighted by Gasteiger charge is 2.36. The van der Waals surface area contributed by atoms with Gasteiger partial charge < -0.3 is 15.0 Å². The largest absolute Gasteiger partial charge is 0.497 e.